The lowest BCUT2D eigenvalue weighted by atomic mass is 9.82. The van der Waals surface area contributed by atoms with Crippen LogP contribution in [-0.2, 0) is 28.5 Å². The van der Waals surface area contributed by atoms with Gasteiger partial charge < -0.3 is 40.4 Å². The number of nitrogens with one attached hydrogen (secondary N) is 2. The summed E-state index contributed by atoms with van der Waals surface area (Å²) in [5.74, 6) is -0.292. The average Bonchev–Trinajstić information content (AvgIpc) is 3.49. The van der Waals surface area contributed by atoms with Crippen molar-refractivity contribution < 1.29 is 33.6 Å². The first-order valence-electron chi connectivity index (χ1n) is 13.7. The lowest BCUT2D eigenvalue weighted by Crippen LogP contribution is -2.39. The van der Waals surface area contributed by atoms with E-state index in [1.807, 2.05) is 30.5 Å². The number of amides is 2. The molecule has 2 amide bonds. The molecular formula is C29H41N3O7S. The highest BCUT2D eigenvalue weighted by molar-refractivity contribution is 7.08. The number of unbranched alkanes of at least 4 members (excludes halogenated alkanes) is 1. The molecule has 5 N–H and O–H groups in total. The normalized spacial score (nSPS) is 18.6. The van der Waals surface area contributed by atoms with Crippen molar-refractivity contribution in [3.8, 4) is 0 Å². The second-order valence-corrected chi connectivity index (χ2v) is 10.1. The monoisotopic (exact) mass is 575 g/mol. The average molecular weight is 576 g/mol. The van der Waals surface area contributed by atoms with Gasteiger partial charge in [0.05, 0.1) is 37.8 Å². The molecule has 40 heavy (non-hydrogen) atoms. The summed E-state index contributed by atoms with van der Waals surface area (Å²) >= 11 is 1.60. The molecule has 0 saturated carbocycles. The molecule has 1 aliphatic rings. The lowest BCUT2D eigenvalue weighted by Gasteiger charge is -2.36. The molecule has 1 aliphatic heterocycles. The second kappa shape index (κ2) is 17.7. The van der Waals surface area contributed by atoms with Crippen molar-refractivity contribution in [1.29, 1.82) is 0 Å². The number of hydrogen-bond acceptors (Lipinski definition) is 9. The molecule has 0 spiro atoms. The quantitative estimate of drug-likeness (QED) is 0.156. The van der Waals surface area contributed by atoms with E-state index in [0.29, 0.717) is 76.6 Å². The number of carbonyl (C=O) groups is 2. The van der Waals surface area contributed by atoms with Gasteiger partial charge in [-0.2, -0.15) is 11.3 Å². The van der Waals surface area contributed by atoms with Gasteiger partial charge in [0.15, 0.2) is 5.76 Å². The Hall–Kier alpha value is -2.96. The number of nitrogens with two attached hydrogens (primary N) is 1. The van der Waals surface area contributed by atoms with Crippen molar-refractivity contribution in [3.63, 3.8) is 0 Å². The number of allylic oxidation sites excluding steroid dienone is 1. The highest BCUT2D eigenvalue weighted by Crippen LogP contribution is 2.39. The van der Waals surface area contributed by atoms with Gasteiger partial charge in [0, 0.05) is 38.0 Å². The number of anilines is 2. The number of benzene rings is 1. The topological polar surface area (TPSA) is 141 Å². The summed E-state index contributed by atoms with van der Waals surface area (Å²) in [4.78, 5) is 25.2. The SMILES string of the molecule is CCO[C@H]1OC(C(=O)NCCCCC(=O)Nc2ccccc2N)=C[C@@H](c2ccsc2)[C@H]1CCOCCOCCO. The number of nitrogen functional groups attached to an aromatic ring is 1. The molecule has 10 nitrogen and oxygen atoms in total. The first-order valence-corrected chi connectivity index (χ1v) is 14.7. The fourth-order valence-electron chi connectivity index (χ4n) is 4.41. The van der Waals surface area contributed by atoms with Gasteiger partial charge >= 0.3 is 0 Å². The van der Waals surface area contributed by atoms with Crippen LogP contribution in [0.2, 0.25) is 0 Å². The van der Waals surface area contributed by atoms with E-state index in [0.717, 1.165) is 5.56 Å². The lowest BCUT2D eigenvalue weighted by molar-refractivity contribution is -0.168. The van der Waals surface area contributed by atoms with Crippen molar-refractivity contribution in [2.45, 2.75) is 44.8 Å². The molecule has 3 atom stereocenters. The van der Waals surface area contributed by atoms with Crippen LogP contribution < -0.4 is 16.4 Å². The zero-order valence-electron chi connectivity index (χ0n) is 23.0. The number of para-hydroxylation sites is 2. The van der Waals surface area contributed by atoms with Gasteiger partial charge in [0.2, 0.25) is 12.2 Å². The molecule has 0 bridgehead atoms. The van der Waals surface area contributed by atoms with Gasteiger partial charge in [-0.05, 0) is 66.8 Å². The highest BCUT2D eigenvalue weighted by Gasteiger charge is 2.38. The number of aliphatic hydroxyl groups excluding tert-OH is 1. The highest BCUT2D eigenvalue weighted by atomic mass is 32.1. The van der Waals surface area contributed by atoms with Gasteiger partial charge in [-0.1, -0.05) is 12.1 Å². The number of carbonyl (C=O) groups excluding carboxylic acids is 2. The standard InChI is InChI=1S/C29H41N3O7S/c1-2-38-29-22(10-14-36-16-17-37-15-13-33)23(21-11-18-40-20-21)19-26(39-29)28(35)31-12-6-5-9-27(34)32-25-8-4-3-7-24(25)30/h3-4,7-8,11,18-20,22-23,29,33H,2,5-6,9-10,12-17,30H2,1H3,(H,31,35)(H,32,34)/t22-,23+,29+/m1/s1. The number of hydrogen-bond donors (Lipinski definition) is 4. The van der Waals surface area contributed by atoms with Crippen molar-refractivity contribution in [3.05, 3.63) is 58.5 Å². The van der Waals surface area contributed by atoms with E-state index in [9.17, 15) is 9.59 Å². The summed E-state index contributed by atoms with van der Waals surface area (Å²) < 4.78 is 23.0. The summed E-state index contributed by atoms with van der Waals surface area (Å²) in [6.45, 7) is 4.37. The Kier molecular flexibility index (Phi) is 13.9. The minimum atomic E-state index is -0.594. The number of ether oxygens (including phenoxy) is 4. The van der Waals surface area contributed by atoms with Crippen LogP contribution in [0, 0.1) is 5.92 Å². The van der Waals surface area contributed by atoms with Crippen molar-refractivity contribution in [2.24, 2.45) is 5.92 Å². The molecule has 2 aromatic rings. The second-order valence-electron chi connectivity index (χ2n) is 9.30. The third kappa shape index (κ3) is 10.2. The van der Waals surface area contributed by atoms with Gasteiger partial charge in [-0.15, -0.1) is 0 Å². The largest absolute Gasteiger partial charge is 0.459 e. The molecule has 0 aliphatic carbocycles. The Balaban J connectivity index is 1.51. The fourth-order valence-corrected chi connectivity index (χ4v) is 5.12. The van der Waals surface area contributed by atoms with Crippen LogP contribution >= 0.6 is 11.3 Å². The minimum Gasteiger partial charge on any atom is -0.459 e. The van der Waals surface area contributed by atoms with Crippen LogP contribution in [0.25, 0.3) is 0 Å². The maximum atomic E-state index is 13.0. The van der Waals surface area contributed by atoms with Gasteiger partial charge in [-0.25, -0.2) is 0 Å². The maximum Gasteiger partial charge on any atom is 0.286 e. The van der Waals surface area contributed by atoms with Crippen molar-refractivity contribution in [2.75, 3.05) is 57.2 Å². The van der Waals surface area contributed by atoms with Crippen LogP contribution in [0.15, 0.2) is 52.9 Å². The van der Waals surface area contributed by atoms with Crippen molar-refractivity contribution >= 4 is 34.5 Å². The summed E-state index contributed by atoms with van der Waals surface area (Å²) in [5.41, 5.74) is 8.10. The molecule has 2 heterocycles. The Morgan fingerprint density at radius 1 is 1.10 bits per heavy atom. The Morgan fingerprint density at radius 2 is 1.90 bits per heavy atom. The summed E-state index contributed by atoms with van der Waals surface area (Å²) in [5, 5.41) is 18.6. The van der Waals surface area contributed by atoms with Crippen molar-refractivity contribution in [1.82, 2.24) is 5.32 Å². The van der Waals surface area contributed by atoms with E-state index in [1.54, 1.807) is 23.5 Å². The predicted molar refractivity (Wildman–Crippen MR) is 155 cm³/mol. The number of rotatable bonds is 18. The summed E-state index contributed by atoms with van der Waals surface area (Å²) in [6, 6.07) is 9.18. The van der Waals surface area contributed by atoms with Crippen LogP contribution in [0.4, 0.5) is 11.4 Å². The maximum absolute atomic E-state index is 13.0. The zero-order valence-corrected chi connectivity index (χ0v) is 23.8. The molecule has 1 aromatic carbocycles. The predicted octanol–water partition coefficient (Wildman–Crippen LogP) is 3.65. The van der Waals surface area contributed by atoms with Gasteiger partial charge in [0.1, 0.15) is 0 Å². The zero-order chi connectivity index (χ0) is 28.6. The van der Waals surface area contributed by atoms with E-state index >= 15 is 0 Å². The molecule has 0 saturated heterocycles. The van der Waals surface area contributed by atoms with Crippen LogP contribution in [0.5, 0.6) is 0 Å². The van der Waals surface area contributed by atoms with E-state index in [-0.39, 0.29) is 36.0 Å². The number of aliphatic hydroxyl groups is 1. The van der Waals surface area contributed by atoms with E-state index < -0.39 is 6.29 Å². The van der Waals surface area contributed by atoms with Gasteiger partial charge in [0.25, 0.3) is 5.91 Å². The molecule has 3 rings (SSSR count). The molecule has 220 valence electrons. The van der Waals surface area contributed by atoms with E-state index in [1.165, 1.54) is 0 Å². The molecular weight excluding hydrogens is 534 g/mol. The molecule has 1 aromatic heterocycles. The Bertz CT molecular complexity index is 1060. The van der Waals surface area contributed by atoms with Crippen LogP contribution in [0.3, 0.4) is 0 Å². The molecule has 0 fully saturated rings. The third-order valence-corrected chi connectivity index (χ3v) is 7.12. The van der Waals surface area contributed by atoms with Crippen LogP contribution in [-0.4, -0.2) is 69.4 Å². The molecule has 0 radical (unpaired) electrons. The summed E-state index contributed by atoms with van der Waals surface area (Å²) in [6.07, 6.45) is 3.54. The molecule has 0 unspecified atom stereocenters. The van der Waals surface area contributed by atoms with Gasteiger partial charge in [-0.3, -0.25) is 9.59 Å². The molecule has 11 heteroatoms. The first-order chi connectivity index (χ1) is 19.5. The summed E-state index contributed by atoms with van der Waals surface area (Å²) in [7, 11) is 0. The van der Waals surface area contributed by atoms with Crippen LogP contribution in [0.1, 0.15) is 44.1 Å². The Labute approximate surface area is 239 Å². The third-order valence-electron chi connectivity index (χ3n) is 6.42. The first kappa shape index (κ1) is 31.6. The smallest absolute Gasteiger partial charge is 0.286 e. The fraction of sp³-hybridized carbons (Fsp3) is 0.517. The Morgan fingerprint density at radius 3 is 2.62 bits per heavy atom. The van der Waals surface area contributed by atoms with E-state index in [4.69, 9.17) is 29.8 Å². The minimum absolute atomic E-state index is 0.0120. The number of thiophene rings is 1. The van der Waals surface area contributed by atoms with E-state index in [2.05, 4.69) is 22.1 Å².